The molecule has 0 saturated heterocycles. The SMILES string of the molecule is CC[C@H]1[C@@H](O)[C@@H]2[C@H](CC[C@]3(C)[C@@H]([C@H](C)CCOC(=O)NCCCCCO)CC[C@@H]23)[C@@]2(C)CC[C@@H](O)C[C@@H]12. The van der Waals surface area contributed by atoms with E-state index in [4.69, 9.17) is 9.84 Å². The van der Waals surface area contributed by atoms with E-state index in [0.717, 1.165) is 51.4 Å². The number of fused-ring (bicyclic) bond motifs is 5. The van der Waals surface area contributed by atoms with E-state index in [1.165, 1.54) is 25.7 Å². The third-order valence-electron chi connectivity index (χ3n) is 12.1. The van der Waals surface area contributed by atoms with Crippen LogP contribution in [0.4, 0.5) is 4.79 Å². The lowest BCUT2D eigenvalue weighted by Gasteiger charge is -2.64. The molecule has 0 heterocycles. The molecule has 0 bridgehead atoms. The van der Waals surface area contributed by atoms with E-state index in [1.807, 2.05) is 0 Å². The standard InChI is InChI=1S/C31H55NO5/c1-5-22-26-19-21(34)11-14-31(26,4)25-12-15-30(3)23(9-10-24(30)27(25)28(22)35)20(2)13-18-37-29(36)32-16-7-6-8-17-33/h20-28,33-35H,5-19H2,1-4H3,(H,32,36)/t20-,21-,22-,23-,24+,25+,26+,27+,28-,30-,31-/m1/s1. The molecule has 37 heavy (non-hydrogen) atoms. The van der Waals surface area contributed by atoms with Gasteiger partial charge in [0.25, 0.3) is 0 Å². The minimum atomic E-state index is -0.330. The van der Waals surface area contributed by atoms with E-state index in [1.54, 1.807) is 0 Å². The second-order valence-corrected chi connectivity index (χ2v) is 13.7. The number of amides is 1. The lowest BCUT2D eigenvalue weighted by molar-refractivity contribution is -0.203. The second-order valence-electron chi connectivity index (χ2n) is 13.7. The number of hydrogen-bond donors (Lipinski definition) is 4. The summed E-state index contributed by atoms with van der Waals surface area (Å²) in [6.07, 6.45) is 11.4. The molecule has 4 aliphatic carbocycles. The number of rotatable bonds is 10. The van der Waals surface area contributed by atoms with Gasteiger partial charge in [-0.1, -0.05) is 34.1 Å². The van der Waals surface area contributed by atoms with Gasteiger partial charge in [-0.3, -0.25) is 0 Å². The van der Waals surface area contributed by atoms with Crippen molar-refractivity contribution in [3.8, 4) is 0 Å². The van der Waals surface area contributed by atoms with Crippen LogP contribution in [0.5, 0.6) is 0 Å². The highest BCUT2D eigenvalue weighted by molar-refractivity contribution is 5.66. The van der Waals surface area contributed by atoms with Crippen LogP contribution >= 0.6 is 0 Å². The monoisotopic (exact) mass is 521 g/mol. The summed E-state index contributed by atoms with van der Waals surface area (Å²) in [5.74, 6) is 3.35. The van der Waals surface area contributed by atoms with Gasteiger partial charge in [-0.05, 0) is 123 Å². The number of hydrogen-bond acceptors (Lipinski definition) is 5. The quantitative estimate of drug-likeness (QED) is 0.283. The number of aliphatic hydroxyl groups excluding tert-OH is 3. The number of carbonyl (C=O) groups excluding carboxylic acids is 1. The first kappa shape index (κ1) is 29.1. The molecule has 1 amide bonds. The molecule has 0 aromatic carbocycles. The van der Waals surface area contributed by atoms with Gasteiger partial charge in [-0.25, -0.2) is 4.79 Å². The Morgan fingerprint density at radius 1 is 1.00 bits per heavy atom. The highest BCUT2D eigenvalue weighted by Crippen LogP contribution is 2.69. The molecule has 4 rings (SSSR count). The zero-order valence-electron chi connectivity index (χ0n) is 24.0. The summed E-state index contributed by atoms with van der Waals surface area (Å²) >= 11 is 0. The number of aliphatic hydroxyl groups is 3. The average Bonchev–Trinajstić information content (AvgIpc) is 3.22. The zero-order chi connectivity index (χ0) is 26.8. The predicted octanol–water partition coefficient (Wildman–Crippen LogP) is 5.53. The Morgan fingerprint density at radius 2 is 1.73 bits per heavy atom. The summed E-state index contributed by atoms with van der Waals surface area (Å²) in [6.45, 7) is 10.8. The number of unbranched alkanes of at least 4 members (excludes halogenated alkanes) is 2. The van der Waals surface area contributed by atoms with Crippen LogP contribution in [0.3, 0.4) is 0 Å². The first-order chi connectivity index (χ1) is 17.7. The van der Waals surface area contributed by atoms with E-state index < -0.39 is 0 Å². The lowest BCUT2D eigenvalue weighted by atomic mass is 9.41. The Morgan fingerprint density at radius 3 is 2.46 bits per heavy atom. The highest BCUT2D eigenvalue weighted by Gasteiger charge is 2.64. The largest absolute Gasteiger partial charge is 0.450 e. The van der Waals surface area contributed by atoms with E-state index in [-0.39, 0.29) is 35.7 Å². The van der Waals surface area contributed by atoms with Crippen LogP contribution in [0.15, 0.2) is 0 Å². The second kappa shape index (κ2) is 12.1. The maximum atomic E-state index is 12.1. The normalized spacial score (nSPS) is 43.9. The van der Waals surface area contributed by atoms with Crippen molar-refractivity contribution in [2.75, 3.05) is 19.8 Å². The van der Waals surface area contributed by atoms with Crippen molar-refractivity contribution in [1.82, 2.24) is 5.32 Å². The van der Waals surface area contributed by atoms with Crippen molar-refractivity contribution >= 4 is 6.09 Å². The van der Waals surface area contributed by atoms with Gasteiger partial charge in [-0.2, -0.15) is 0 Å². The van der Waals surface area contributed by atoms with Crippen molar-refractivity contribution in [3.05, 3.63) is 0 Å². The maximum absolute atomic E-state index is 12.1. The number of ether oxygens (including phenoxy) is 1. The lowest BCUT2D eigenvalue weighted by Crippen LogP contribution is -2.62. The minimum absolute atomic E-state index is 0.197. The summed E-state index contributed by atoms with van der Waals surface area (Å²) in [7, 11) is 0. The first-order valence-corrected chi connectivity index (χ1v) is 15.5. The number of carbonyl (C=O) groups is 1. The van der Waals surface area contributed by atoms with Crippen LogP contribution in [-0.2, 0) is 4.74 Å². The van der Waals surface area contributed by atoms with Crippen LogP contribution in [0.1, 0.15) is 105 Å². The van der Waals surface area contributed by atoms with Gasteiger partial charge in [-0.15, -0.1) is 0 Å². The molecule has 4 N–H and O–H groups in total. The summed E-state index contributed by atoms with van der Waals surface area (Å²) in [5, 5.41) is 34.0. The molecule has 214 valence electrons. The first-order valence-electron chi connectivity index (χ1n) is 15.5. The number of alkyl carbamates (subject to hydrolysis) is 1. The van der Waals surface area contributed by atoms with Gasteiger partial charge in [0, 0.05) is 13.2 Å². The van der Waals surface area contributed by atoms with E-state index in [9.17, 15) is 15.0 Å². The van der Waals surface area contributed by atoms with Crippen LogP contribution in [-0.4, -0.2) is 53.4 Å². The third kappa shape index (κ3) is 5.59. The van der Waals surface area contributed by atoms with E-state index >= 15 is 0 Å². The average molecular weight is 522 g/mol. The Kier molecular flexibility index (Phi) is 9.55. The van der Waals surface area contributed by atoms with E-state index in [0.29, 0.717) is 54.6 Å². The number of nitrogens with one attached hydrogen (secondary N) is 1. The molecule has 0 aromatic rings. The van der Waals surface area contributed by atoms with Crippen LogP contribution < -0.4 is 5.32 Å². The van der Waals surface area contributed by atoms with Gasteiger partial charge in [0.2, 0.25) is 0 Å². The summed E-state index contributed by atoms with van der Waals surface area (Å²) in [4.78, 5) is 12.1. The van der Waals surface area contributed by atoms with Crippen molar-refractivity contribution in [3.63, 3.8) is 0 Å². The molecule has 6 heteroatoms. The summed E-state index contributed by atoms with van der Waals surface area (Å²) in [6, 6.07) is 0. The predicted molar refractivity (Wildman–Crippen MR) is 146 cm³/mol. The molecule has 0 aromatic heterocycles. The topological polar surface area (TPSA) is 99.0 Å². The Labute approximate surface area is 225 Å². The molecule has 4 fully saturated rings. The molecule has 4 saturated carbocycles. The molecule has 0 unspecified atom stereocenters. The van der Waals surface area contributed by atoms with Crippen LogP contribution in [0.25, 0.3) is 0 Å². The van der Waals surface area contributed by atoms with Crippen LogP contribution in [0, 0.1) is 52.3 Å². The Hall–Kier alpha value is -0.850. The molecular formula is C31H55NO5. The molecule has 11 atom stereocenters. The molecule has 0 radical (unpaired) electrons. The maximum Gasteiger partial charge on any atom is 0.407 e. The fourth-order valence-corrected chi connectivity index (χ4v) is 10.1. The van der Waals surface area contributed by atoms with Crippen molar-refractivity contribution < 1.29 is 24.9 Å². The smallest absolute Gasteiger partial charge is 0.407 e. The third-order valence-corrected chi connectivity index (χ3v) is 12.1. The summed E-state index contributed by atoms with van der Waals surface area (Å²) < 4.78 is 5.50. The minimum Gasteiger partial charge on any atom is -0.450 e. The highest BCUT2D eigenvalue weighted by atomic mass is 16.5. The van der Waals surface area contributed by atoms with Gasteiger partial charge < -0.3 is 25.4 Å². The fraction of sp³-hybridized carbons (Fsp3) is 0.968. The fourth-order valence-electron chi connectivity index (χ4n) is 10.1. The molecule has 6 nitrogen and oxygen atoms in total. The molecular weight excluding hydrogens is 466 g/mol. The Balaban J connectivity index is 1.36. The van der Waals surface area contributed by atoms with Crippen molar-refractivity contribution in [2.45, 2.75) is 117 Å². The molecule has 0 spiro atoms. The summed E-state index contributed by atoms with van der Waals surface area (Å²) in [5.41, 5.74) is 0.486. The molecule has 4 aliphatic rings. The molecule has 0 aliphatic heterocycles. The Bertz CT molecular complexity index is 762. The van der Waals surface area contributed by atoms with Crippen molar-refractivity contribution in [2.24, 2.45) is 52.3 Å². The van der Waals surface area contributed by atoms with Gasteiger partial charge in [0.1, 0.15) is 0 Å². The zero-order valence-corrected chi connectivity index (χ0v) is 24.0. The van der Waals surface area contributed by atoms with E-state index in [2.05, 4.69) is 33.0 Å². The van der Waals surface area contributed by atoms with Crippen LogP contribution in [0.2, 0.25) is 0 Å². The van der Waals surface area contributed by atoms with Crippen molar-refractivity contribution in [1.29, 1.82) is 0 Å². The van der Waals surface area contributed by atoms with Gasteiger partial charge in [0.15, 0.2) is 0 Å². The van der Waals surface area contributed by atoms with Gasteiger partial charge >= 0.3 is 6.09 Å². The van der Waals surface area contributed by atoms with Gasteiger partial charge in [0.05, 0.1) is 18.8 Å².